The summed E-state index contributed by atoms with van der Waals surface area (Å²) in [6.45, 7) is 14.8. The molecule has 0 aliphatic carbocycles. The van der Waals surface area contributed by atoms with Gasteiger partial charge in [-0.05, 0) is 84.1 Å². The van der Waals surface area contributed by atoms with Gasteiger partial charge in [0.15, 0.2) is 0 Å². The molecule has 0 fully saturated rings. The number of carbonyl (C=O) groups is 12. The molecule has 30 nitrogen and oxygen atoms in total. The largest absolute Gasteiger partial charge is 0.480 e. The minimum atomic E-state index is -1.99. The van der Waals surface area contributed by atoms with Crippen molar-refractivity contribution >= 4 is 70.9 Å². The van der Waals surface area contributed by atoms with E-state index in [4.69, 9.17) is 22.9 Å². The summed E-state index contributed by atoms with van der Waals surface area (Å²) in [5.41, 5.74) is 22.3. The maximum absolute atomic E-state index is 14.0. The zero-order chi connectivity index (χ0) is 60.5. The number of rotatable bonds is 37. The quantitative estimate of drug-likeness (QED) is 0.0257. The maximum Gasteiger partial charge on any atom is 0.326 e. The van der Waals surface area contributed by atoms with Crippen LogP contribution in [0.2, 0.25) is 0 Å². The second-order valence-corrected chi connectivity index (χ2v) is 20.4. The molecule has 22 N–H and O–H groups in total. The van der Waals surface area contributed by atoms with Crippen LogP contribution in [-0.4, -0.2) is 188 Å². The van der Waals surface area contributed by atoms with E-state index in [1.807, 2.05) is 13.8 Å². The van der Waals surface area contributed by atoms with E-state index in [9.17, 15) is 83.1 Å². The normalized spacial score (nSPS) is 17.2. The molecule has 0 bridgehead atoms. The molecule has 15 atom stereocenters. The summed E-state index contributed by atoms with van der Waals surface area (Å²) >= 11 is 0. The number of aliphatic hydroxyl groups excluding tert-OH is 4. The minimum Gasteiger partial charge on any atom is -0.480 e. The van der Waals surface area contributed by atoms with Gasteiger partial charge in [0, 0.05) is 0 Å². The highest BCUT2D eigenvalue weighted by Gasteiger charge is 2.39. The molecule has 0 aromatic heterocycles. The molecule has 0 rings (SSSR count). The van der Waals surface area contributed by atoms with Crippen LogP contribution in [0.15, 0.2) is 0 Å². The first-order chi connectivity index (χ1) is 36.1. The Morgan fingerprint density at radius 2 is 0.718 bits per heavy atom. The van der Waals surface area contributed by atoms with Crippen LogP contribution in [-0.2, 0) is 57.5 Å². The lowest BCUT2D eigenvalue weighted by atomic mass is 9.98. The molecule has 0 radical (unpaired) electrons. The Hall–Kier alpha value is -6.60. The molecule has 0 saturated heterocycles. The second kappa shape index (κ2) is 35.0. The fraction of sp³-hybridized carbons (Fsp3) is 0.750. The summed E-state index contributed by atoms with van der Waals surface area (Å²) in [5, 5.41) is 72.5. The first-order valence-electron chi connectivity index (χ1n) is 25.8. The average Bonchev–Trinajstić information content (AvgIpc) is 3.31. The van der Waals surface area contributed by atoms with Crippen LogP contribution in [0.3, 0.4) is 0 Å². The Kier molecular flexibility index (Phi) is 32.1. The minimum absolute atomic E-state index is 0.00850. The van der Waals surface area contributed by atoms with E-state index in [0.29, 0.717) is 12.8 Å². The molecule has 11 amide bonds. The number of aliphatic carboxylic acids is 1. The van der Waals surface area contributed by atoms with E-state index in [1.54, 1.807) is 20.8 Å². The first kappa shape index (κ1) is 71.4. The van der Waals surface area contributed by atoms with Gasteiger partial charge in [0.25, 0.3) is 0 Å². The number of carbonyl (C=O) groups excluding carboxylic acids is 11. The third kappa shape index (κ3) is 25.7. The van der Waals surface area contributed by atoms with Crippen LogP contribution in [0.1, 0.15) is 121 Å². The molecule has 0 saturated carbocycles. The molecule has 0 aliphatic rings. The number of unbranched alkanes of at least 4 members (excludes halogenated alkanes) is 1. The van der Waals surface area contributed by atoms with Gasteiger partial charge >= 0.3 is 5.97 Å². The standard InChI is InChI=1S/C48H87N13O17/c1-11-22(6)34(48(77)78)57-42(71)30(18-32(51)66)55-46(75)36(24(8)63)60-43(72)31(19-33(52)67)56-45(74)35(23(7)62)59-41(70)29(17-21(4)5)54-40(69)28(14-12-13-15-49)53-44(73)37(25(9)64)61-47(76)38(26(10)65)58-39(68)27(50)16-20(2)3/h20-31,34-38,62-65H,11-19,49-50H2,1-10H3,(H2,51,66)(H2,52,67)(H,53,73)(H,54,69)(H,55,75)(H,56,74)(H,57,71)(H,58,68)(H,59,70)(H,60,72)(H,61,76)(H,77,78)/t22-,23+,24+,25+,26+,27-,28-,29-,30-,31-,34-,35-,36-,37-,38-/m0/s1. The number of primary amides is 2. The lowest BCUT2D eigenvalue weighted by molar-refractivity contribution is -0.144. The second-order valence-electron chi connectivity index (χ2n) is 20.4. The van der Waals surface area contributed by atoms with Gasteiger partial charge in [0.05, 0.1) is 43.3 Å². The zero-order valence-electron chi connectivity index (χ0n) is 46.1. The van der Waals surface area contributed by atoms with Crippen LogP contribution < -0.4 is 70.8 Å². The summed E-state index contributed by atoms with van der Waals surface area (Å²) in [7, 11) is 0. The number of aliphatic hydroxyl groups is 4. The molecule has 446 valence electrons. The average molecular weight is 1120 g/mol. The Labute approximate surface area is 453 Å². The molecule has 0 aromatic rings. The van der Waals surface area contributed by atoms with Crippen molar-refractivity contribution in [3.63, 3.8) is 0 Å². The predicted molar refractivity (Wildman–Crippen MR) is 279 cm³/mol. The summed E-state index contributed by atoms with van der Waals surface area (Å²) in [4.78, 5) is 158. The molecular formula is C48H87N13O17. The van der Waals surface area contributed by atoms with Gasteiger partial charge in [-0.1, -0.05) is 48.0 Å². The molecule has 0 aliphatic heterocycles. The van der Waals surface area contributed by atoms with Gasteiger partial charge in [-0.2, -0.15) is 0 Å². The van der Waals surface area contributed by atoms with Gasteiger partial charge in [-0.15, -0.1) is 0 Å². The van der Waals surface area contributed by atoms with E-state index in [-0.39, 0.29) is 44.1 Å². The van der Waals surface area contributed by atoms with Crippen LogP contribution >= 0.6 is 0 Å². The van der Waals surface area contributed by atoms with E-state index < -0.39 is 175 Å². The first-order valence-corrected chi connectivity index (χ1v) is 25.8. The van der Waals surface area contributed by atoms with Gasteiger partial charge < -0.3 is 96.3 Å². The van der Waals surface area contributed by atoms with E-state index in [0.717, 1.165) is 20.8 Å². The van der Waals surface area contributed by atoms with Crippen LogP contribution in [0.5, 0.6) is 0 Å². The summed E-state index contributed by atoms with van der Waals surface area (Å²) in [6.07, 6.45) is -7.57. The third-order valence-corrected chi connectivity index (χ3v) is 12.1. The van der Waals surface area contributed by atoms with Crippen molar-refractivity contribution < 1.29 is 83.1 Å². The third-order valence-electron chi connectivity index (χ3n) is 12.1. The number of amides is 11. The SMILES string of the molecule is CC[C@H](C)[C@H](NC(=O)[C@H](CC(N)=O)NC(=O)[C@@H](NC(=O)[C@H](CC(N)=O)NC(=O)[C@@H](NC(=O)[C@H](CC(C)C)NC(=O)[C@H](CCCCN)NC(=O)[C@@H](NC(=O)[C@@H](NC(=O)[C@@H](N)CC(C)C)[C@@H](C)O)[C@@H](C)O)[C@@H](C)O)[C@@H](C)O)C(=O)O. The topological polar surface area (TPSA) is 518 Å². The lowest BCUT2D eigenvalue weighted by Crippen LogP contribution is -2.63. The molecular weight excluding hydrogens is 1030 g/mol. The van der Waals surface area contributed by atoms with Crippen molar-refractivity contribution in [2.24, 2.45) is 40.7 Å². The highest BCUT2D eigenvalue weighted by atomic mass is 16.4. The van der Waals surface area contributed by atoms with Crippen molar-refractivity contribution in [3.05, 3.63) is 0 Å². The van der Waals surface area contributed by atoms with Crippen LogP contribution in [0.25, 0.3) is 0 Å². The molecule has 0 aromatic carbocycles. The van der Waals surface area contributed by atoms with E-state index >= 15 is 0 Å². The Balaban J connectivity index is 6.66. The highest BCUT2D eigenvalue weighted by molar-refractivity contribution is 6.00. The number of hydrogen-bond acceptors (Lipinski definition) is 18. The van der Waals surface area contributed by atoms with Gasteiger partial charge in [-0.3, -0.25) is 52.7 Å². The number of hydrogen-bond donors (Lipinski definition) is 18. The van der Waals surface area contributed by atoms with Gasteiger partial charge in [0.1, 0.15) is 54.4 Å². The van der Waals surface area contributed by atoms with Crippen molar-refractivity contribution in [1.82, 2.24) is 47.9 Å². The maximum atomic E-state index is 14.0. The zero-order valence-corrected chi connectivity index (χ0v) is 46.1. The molecule has 0 unspecified atom stereocenters. The van der Waals surface area contributed by atoms with Crippen molar-refractivity contribution in [3.8, 4) is 0 Å². The fourth-order valence-electron chi connectivity index (χ4n) is 7.53. The van der Waals surface area contributed by atoms with Gasteiger partial charge in [-0.25, -0.2) is 4.79 Å². The predicted octanol–water partition coefficient (Wildman–Crippen LogP) is -6.70. The summed E-state index contributed by atoms with van der Waals surface area (Å²) in [5.74, 6) is -14.8. The number of nitrogens with two attached hydrogens (primary N) is 4. The van der Waals surface area contributed by atoms with Crippen molar-refractivity contribution in [2.75, 3.05) is 6.54 Å². The monoisotopic (exact) mass is 1120 g/mol. The molecule has 78 heavy (non-hydrogen) atoms. The molecule has 0 heterocycles. The summed E-state index contributed by atoms with van der Waals surface area (Å²) in [6, 6.07) is -16.6. The van der Waals surface area contributed by atoms with E-state index in [1.165, 1.54) is 13.8 Å². The van der Waals surface area contributed by atoms with Crippen LogP contribution in [0, 0.1) is 17.8 Å². The fourth-order valence-corrected chi connectivity index (χ4v) is 7.53. The van der Waals surface area contributed by atoms with Crippen molar-refractivity contribution in [2.45, 2.75) is 205 Å². The molecule has 30 heteroatoms. The van der Waals surface area contributed by atoms with Gasteiger partial charge in [0.2, 0.25) is 65.0 Å². The van der Waals surface area contributed by atoms with E-state index in [2.05, 4.69) is 47.9 Å². The smallest absolute Gasteiger partial charge is 0.326 e. The molecule has 0 spiro atoms. The Bertz CT molecular complexity index is 2060. The van der Waals surface area contributed by atoms with Crippen LogP contribution in [0.4, 0.5) is 0 Å². The number of carboxylic acid groups (broad SMARTS) is 1. The lowest BCUT2D eigenvalue weighted by Gasteiger charge is -2.30. The number of nitrogens with one attached hydrogen (secondary N) is 9. The Morgan fingerprint density at radius 3 is 1.05 bits per heavy atom. The Morgan fingerprint density at radius 1 is 0.410 bits per heavy atom. The highest BCUT2D eigenvalue weighted by Crippen LogP contribution is 2.12. The van der Waals surface area contributed by atoms with Crippen molar-refractivity contribution in [1.29, 1.82) is 0 Å². The number of carboxylic acids is 1. The summed E-state index contributed by atoms with van der Waals surface area (Å²) < 4.78 is 0.